The lowest BCUT2D eigenvalue weighted by molar-refractivity contribution is 0.265. The third-order valence-corrected chi connectivity index (χ3v) is 5.62. The van der Waals surface area contributed by atoms with Crippen LogP contribution >= 0.6 is 0 Å². The van der Waals surface area contributed by atoms with E-state index < -0.39 is 0 Å². The smallest absolute Gasteiger partial charge is 0.191 e. The number of nitrogens with one attached hydrogen (secondary N) is 2. The maximum Gasteiger partial charge on any atom is 0.191 e. The van der Waals surface area contributed by atoms with Gasteiger partial charge in [0.15, 0.2) is 5.96 Å². The number of hydrogen-bond acceptors (Lipinski definition) is 3. The Balaban J connectivity index is 1.51. The molecule has 1 aliphatic heterocycles. The molecule has 0 bridgehead atoms. The SMILES string of the molecule is CN=C(NCc1nccn1CCc1ccccc1)NC1CN(C(C)C)CC1C. The van der Waals surface area contributed by atoms with Gasteiger partial charge in [-0.15, -0.1) is 0 Å². The fraction of sp³-hybridized carbons (Fsp3) is 0.545. The number of rotatable bonds is 7. The third kappa shape index (κ3) is 5.35. The Morgan fingerprint density at radius 3 is 2.71 bits per heavy atom. The van der Waals surface area contributed by atoms with Crippen LogP contribution in [0.3, 0.4) is 0 Å². The first-order valence-corrected chi connectivity index (χ1v) is 10.3. The molecule has 152 valence electrons. The van der Waals surface area contributed by atoms with E-state index in [1.54, 1.807) is 0 Å². The van der Waals surface area contributed by atoms with Gasteiger partial charge in [0.1, 0.15) is 5.82 Å². The van der Waals surface area contributed by atoms with E-state index in [1.807, 2.05) is 13.2 Å². The highest BCUT2D eigenvalue weighted by Gasteiger charge is 2.31. The van der Waals surface area contributed by atoms with E-state index in [0.717, 1.165) is 37.8 Å². The number of likely N-dealkylation sites (tertiary alicyclic amines) is 1. The summed E-state index contributed by atoms with van der Waals surface area (Å²) in [5.41, 5.74) is 1.34. The van der Waals surface area contributed by atoms with Gasteiger partial charge >= 0.3 is 0 Å². The van der Waals surface area contributed by atoms with Crippen molar-refractivity contribution in [2.24, 2.45) is 10.9 Å². The molecule has 0 amide bonds. The molecule has 2 unspecified atom stereocenters. The largest absolute Gasteiger partial charge is 0.352 e. The summed E-state index contributed by atoms with van der Waals surface area (Å²) in [5, 5.41) is 7.04. The van der Waals surface area contributed by atoms with E-state index in [0.29, 0.717) is 24.5 Å². The number of imidazole rings is 1. The maximum atomic E-state index is 4.53. The minimum atomic E-state index is 0.423. The number of guanidine groups is 1. The zero-order valence-corrected chi connectivity index (χ0v) is 17.6. The van der Waals surface area contributed by atoms with Crippen molar-refractivity contribution in [3.8, 4) is 0 Å². The van der Waals surface area contributed by atoms with Crippen molar-refractivity contribution >= 4 is 5.96 Å². The summed E-state index contributed by atoms with van der Waals surface area (Å²) >= 11 is 0. The van der Waals surface area contributed by atoms with Gasteiger partial charge in [-0.05, 0) is 31.7 Å². The normalized spacial score (nSPS) is 20.7. The molecule has 6 heteroatoms. The highest BCUT2D eigenvalue weighted by atomic mass is 15.3. The maximum absolute atomic E-state index is 4.53. The molecule has 1 aliphatic rings. The van der Waals surface area contributed by atoms with E-state index in [9.17, 15) is 0 Å². The molecule has 28 heavy (non-hydrogen) atoms. The fourth-order valence-electron chi connectivity index (χ4n) is 3.75. The minimum Gasteiger partial charge on any atom is -0.352 e. The van der Waals surface area contributed by atoms with E-state index in [1.165, 1.54) is 5.56 Å². The Labute approximate surface area is 169 Å². The van der Waals surface area contributed by atoms with E-state index >= 15 is 0 Å². The number of aliphatic imine (C=N–C) groups is 1. The summed E-state index contributed by atoms with van der Waals surface area (Å²) in [4.78, 5) is 11.5. The summed E-state index contributed by atoms with van der Waals surface area (Å²) < 4.78 is 2.21. The molecule has 0 aliphatic carbocycles. The Hall–Kier alpha value is -2.34. The summed E-state index contributed by atoms with van der Waals surface area (Å²) in [6.07, 6.45) is 4.93. The lowest BCUT2D eigenvalue weighted by Gasteiger charge is -2.22. The minimum absolute atomic E-state index is 0.423. The van der Waals surface area contributed by atoms with Crippen LogP contribution in [0, 0.1) is 5.92 Å². The average Bonchev–Trinajstić information content (AvgIpc) is 3.30. The molecule has 2 N–H and O–H groups in total. The van der Waals surface area contributed by atoms with Gasteiger partial charge in [0.25, 0.3) is 0 Å². The van der Waals surface area contributed by atoms with Gasteiger partial charge in [-0.2, -0.15) is 0 Å². The zero-order valence-electron chi connectivity index (χ0n) is 17.6. The second kappa shape index (κ2) is 9.73. The summed E-state index contributed by atoms with van der Waals surface area (Å²) in [7, 11) is 1.83. The lowest BCUT2D eigenvalue weighted by atomic mass is 10.1. The highest BCUT2D eigenvalue weighted by Crippen LogP contribution is 2.18. The van der Waals surface area contributed by atoms with Crippen molar-refractivity contribution in [1.82, 2.24) is 25.1 Å². The quantitative estimate of drug-likeness (QED) is 0.571. The lowest BCUT2D eigenvalue weighted by Crippen LogP contribution is -2.46. The number of hydrogen-bond donors (Lipinski definition) is 2. The molecule has 1 saturated heterocycles. The van der Waals surface area contributed by atoms with Gasteiger partial charge in [-0.25, -0.2) is 4.98 Å². The molecule has 1 fully saturated rings. The van der Waals surface area contributed by atoms with E-state index in [-0.39, 0.29) is 0 Å². The second-order valence-electron chi connectivity index (χ2n) is 7.97. The Morgan fingerprint density at radius 2 is 2.04 bits per heavy atom. The van der Waals surface area contributed by atoms with Crippen molar-refractivity contribution in [3.63, 3.8) is 0 Å². The van der Waals surface area contributed by atoms with Gasteiger partial charge in [-0.3, -0.25) is 9.89 Å². The predicted octanol–water partition coefficient (Wildman–Crippen LogP) is 2.52. The van der Waals surface area contributed by atoms with Crippen LogP contribution in [0.2, 0.25) is 0 Å². The van der Waals surface area contributed by atoms with Crippen LogP contribution in [0.4, 0.5) is 0 Å². The monoisotopic (exact) mass is 382 g/mol. The van der Waals surface area contributed by atoms with Crippen LogP contribution < -0.4 is 10.6 Å². The fourth-order valence-corrected chi connectivity index (χ4v) is 3.75. The number of benzene rings is 1. The molecular weight excluding hydrogens is 348 g/mol. The Bertz CT molecular complexity index is 751. The molecule has 6 nitrogen and oxygen atoms in total. The van der Waals surface area contributed by atoms with Gasteiger partial charge in [0, 0.05) is 51.2 Å². The van der Waals surface area contributed by atoms with Gasteiger partial charge in [-0.1, -0.05) is 37.3 Å². The van der Waals surface area contributed by atoms with Crippen molar-refractivity contribution < 1.29 is 0 Å². The molecule has 0 saturated carbocycles. The van der Waals surface area contributed by atoms with Gasteiger partial charge < -0.3 is 15.2 Å². The average molecular weight is 383 g/mol. The first-order chi connectivity index (χ1) is 13.6. The molecular formula is C22H34N6. The van der Waals surface area contributed by atoms with Crippen molar-refractivity contribution in [3.05, 3.63) is 54.1 Å². The molecule has 2 aromatic rings. The molecule has 3 rings (SSSR count). The van der Waals surface area contributed by atoms with Crippen LogP contribution in [-0.2, 0) is 19.5 Å². The number of aromatic nitrogens is 2. The van der Waals surface area contributed by atoms with E-state index in [2.05, 4.69) is 87.4 Å². The summed E-state index contributed by atoms with van der Waals surface area (Å²) in [6, 6.07) is 11.6. The van der Waals surface area contributed by atoms with E-state index in [4.69, 9.17) is 0 Å². The Morgan fingerprint density at radius 1 is 1.25 bits per heavy atom. The van der Waals surface area contributed by atoms with Gasteiger partial charge in [0.05, 0.1) is 6.54 Å². The molecule has 1 aromatic carbocycles. The first-order valence-electron chi connectivity index (χ1n) is 10.3. The van der Waals surface area contributed by atoms with Crippen molar-refractivity contribution in [2.75, 3.05) is 20.1 Å². The highest BCUT2D eigenvalue weighted by molar-refractivity contribution is 5.80. The van der Waals surface area contributed by atoms with Crippen molar-refractivity contribution in [2.45, 2.75) is 52.4 Å². The van der Waals surface area contributed by atoms with Crippen LogP contribution in [0.5, 0.6) is 0 Å². The molecule has 1 aromatic heterocycles. The summed E-state index contributed by atoms with van der Waals surface area (Å²) in [6.45, 7) is 10.6. The topological polar surface area (TPSA) is 57.5 Å². The number of aryl methyl sites for hydroxylation is 2. The second-order valence-corrected chi connectivity index (χ2v) is 7.97. The standard InChI is InChI=1S/C22H34N6/c1-17(2)28-15-18(3)20(16-28)26-22(23-4)25-14-21-24-11-13-27(21)12-10-19-8-6-5-7-9-19/h5-9,11,13,17-18,20H,10,12,14-16H2,1-4H3,(H2,23,25,26). The predicted molar refractivity (Wildman–Crippen MR) is 115 cm³/mol. The summed E-state index contributed by atoms with van der Waals surface area (Å²) in [5.74, 6) is 2.48. The van der Waals surface area contributed by atoms with Crippen LogP contribution in [0.15, 0.2) is 47.7 Å². The Kier molecular flexibility index (Phi) is 7.09. The van der Waals surface area contributed by atoms with Gasteiger partial charge in [0.2, 0.25) is 0 Å². The number of nitrogens with zero attached hydrogens (tertiary/aromatic N) is 4. The van der Waals surface area contributed by atoms with Crippen LogP contribution in [0.1, 0.15) is 32.2 Å². The first kappa shape index (κ1) is 20.4. The molecule has 2 heterocycles. The molecule has 2 atom stereocenters. The van der Waals surface area contributed by atoms with Crippen LogP contribution in [0.25, 0.3) is 0 Å². The van der Waals surface area contributed by atoms with Crippen LogP contribution in [-0.4, -0.2) is 52.6 Å². The molecule has 0 radical (unpaired) electrons. The van der Waals surface area contributed by atoms with Crippen molar-refractivity contribution in [1.29, 1.82) is 0 Å². The molecule has 0 spiro atoms. The zero-order chi connectivity index (χ0) is 19.9. The third-order valence-electron chi connectivity index (χ3n) is 5.62.